The second kappa shape index (κ2) is 5.48. The molecule has 3 rings (SSSR count). The first-order valence-corrected chi connectivity index (χ1v) is 6.90. The molecule has 108 valence electrons. The van der Waals surface area contributed by atoms with Gasteiger partial charge in [0.05, 0.1) is 10.3 Å². The maximum Gasteiger partial charge on any atom is 0.269 e. The van der Waals surface area contributed by atoms with Gasteiger partial charge in [-0.15, -0.1) is 0 Å². The van der Waals surface area contributed by atoms with Crippen LogP contribution in [0.3, 0.4) is 0 Å². The minimum absolute atomic E-state index is 0.000487. The number of nitro groups is 1. The summed E-state index contributed by atoms with van der Waals surface area (Å²) in [5, 5.41) is 11.2. The summed E-state index contributed by atoms with van der Waals surface area (Å²) in [6.45, 7) is 2.02. The maximum atomic E-state index is 12.2. The molecule has 0 atom stereocenters. The van der Waals surface area contributed by atoms with Gasteiger partial charge in [-0.25, -0.2) is 0 Å². The van der Waals surface area contributed by atoms with Gasteiger partial charge < -0.3 is 4.42 Å². The fourth-order valence-corrected chi connectivity index (χ4v) is 2.31. The predicted molar refractivity (Wildman–Crippen MR) is 87.2 cm³/mol. The van der Waals surface area contributed by atoms with E-state index in [0.717, 1.165) is 12.7 Å². The van der Waals surface area contributed by atoms with Gasteiger partial charge in [0.15, 0.2) is 12.7 Å². The van der Waals surface area contributed by atoms with Gasteiger partial charge >= 0.3 is 0 Å². The number of nitro benzene ring substituents is 1. The molecule has 0 saturated heterocycles. The van der Waals surface area contributed by atoms with E-state index in [9.17, 15) is 14.9 Å². The fraction of sp³-hybridized carbons (Fsp3) is 0.0625. The van der Waals surface area contributed by atoms with E-state index in [-0.39, 0.29) is 11.1 Å². The molecule has 0 aliphatic heterocycles. The van der Waals surface area contributed by atoms with Crippen molar-refractivity contribution in [1.82, 2.24) is 0 Å². The predicted octanol–water partition coefficient (Wildman–Crippen LogP) is 2.48. The van der Waals surface area contributed by atoms with Gasteiger partial charge in [-0.2, -0.15) is 0 Å². The molecule has 0 spiro atoms. The quantitative estimate of drug-likeness (QED) is 0.422. The summed E-state index contributed by atoms with van der Waals surface area (Å²) in [4.78, 5) is 22.5. The van der Waals surface area contributed by atoms with E-state index in [0.29, 0.717) is 22.3 Å². The van der Waals surface area contributed by atoms with Gasteiger partial charge in [-0.05, 0) is 18.2 Å². The van der Waals surface area contributed by atoms with Crippen molar-refractivity contribution in [2.45, 2.75) is 6.82 Å². The lowest BCUT2D eigenvalue weighted by Gasteiger charge is -2.04. The summed E-state index contributed by atoms with van der Waals surface area (Å²) in [5.41, 5.74) is 2.09. The van der Waals surface area contributed by atoms with Crippen LogP contribution >= 0.6 is 0 Å². The Hall–Kier alpha value is -2.89. The molecule has 3 aromatic rings. The van der Waals surface area contributed by atoms with Crippen molar-refractivity contribution >= 4 is 29.4 Å². The van der Waals surface area contributed by atoms with Crippen LogP contribution in [0.1, 0.15) is 0 Å². The zero-order valence-corrected chi connectivity index (χ0v) is 11.9. The molecule has 2 aromatic carbocycles. The smallest absolute Gasteiger partial charge is 0.269 e. The third-order valence-electron chi connectivity index (χ3n) is 3.56. The third-order valence-corrected chi connectivity index (χ3v) is 3.56. The second-order valence-corrected chi connectivity index (χ2v) is 4.96. The van der Waals surface area contributed by atoms with E-state index >= 15 is 0 Å². The van der Waals surface area contributed by atoms with E-state index in [1.807, 2.05) is 19.0 Å². The summed E-state index contributed by atoms with van der Waals surface area (Å²) < 4.78 is 5.76. The van der Waals surface area contributed by atoms with Crippen LogP contribution in [-0.2, 0) is 0 Å². The van der Waals surface area contributed by atoms with E-state index in [4.69, 9.17) is 4.42 Å². The van der Waals surface area contributed by atoms with Crippen molar-refractivity contribution in [3.05, 3.63) is 68.9 Å². The first kappa shape index (κ1) is 14.1. The third kappa shape index (κ3) is 2.51. The summed E-state index contributed by atoms with van der Waals surface area (Å²) in [6, 6.07) is 12.9. The maximum absolute atomic E-state index is 12.2. The molecule has 6 heteroatoms. The molecule has 0 fully saturated rings. The summed E-state index contributed by atoms with van der Waals surface area (Å²) in [5.74, 6) is 0.400. The summed E-state index contributed by atoms with van der Waals surface area (Å²) in [7, 11) is 0.847. The molecule has 0 radical (unpaired) electrons. The average molecular weight is 293 g/mol. The number of nitrogens with zero attached hydrogens (tertiary/aromatic N) is 1. The van der Waals surface area contributed by atoms with Crippen molar-refractivity contribution in [2.24, 2.45) is 0 Å². The van der Waals surface area contributed by atoms with Gasteiger partial charge in [-0.3, -0.25) is 14.9 Å². The fourth-order valence-electron chi connectivity index (χ4n) is 2.31. The minimum atomic E-state index is -0.466. The number of benzene rings is 2. The lowest BCUT2D eigenvalue weighted by atomic mass is 9.73. The number of fused-ring (bicyclic) bond motifs is 1. The normalized spacial score (nSPS) is 10.6. The molecule has 0 amide bonds. The number of non-ortho nitro benzene ring substituents is 1. The van der Waals surface area contributed by atoms with Gasteiger partial charge in [-0.1, -0.05) is 24.4 Å². The lowest BCUT2D eigenvalue weighted by molar-refractivity contribution is -0.384. The minimum Gasteiger partial charge on any atom is -0.456 e. The zero-order chi connectivity index (χ0) is 15.7. The molecule has 5 nitrogen and oxygen atoms in total. The summed E-state index contributed by atoms with van der Waals surface area (Å²) >= 11 is 0. The highest BCUT2D eigenvalue weighted by molar-refractivity contribution is 6.52. The molecular formula is C16H12BNO4. The molecule has 0 bridgehead atoms. The average Bonchev–Trinajstić information content (AvgIpc) is 2.54. The number of rotatable bonds is 3. The van der Waals surface area contributed by atoms with E-state index in [1.165, 1.54) is 18.2 Å². The van der Waals surface area contributed by atoms with Crippen LogP contribution in [0.25, 0.3) is 22.3 Å². The molecular weight excluding hydrogens is 281 g/mol. The first-order chi connectivity index (χ1) is 10.6. The Morgan fingerprint density at radius 1 is 1.09 bits per heavy atom. The van der Waals surface area contributed by atoms with E-state index in [1.54, 1.807) is 18.2 Å². The Morgan fingerprint density at radius 2 is 1.82 bits per heavy atom. The van der Waals surface area contributed by atoms with Crippen LogP contribution in [0.4, 0.5) is 5.69 Å². The Kier molecular flexibility index (Phi) is 3.51. The standard InChI is InChI=1S/C16H12BNO4/c1-17-11-4-7-15-13(8-11)14(19)9-16(22-15)10-2-5-12(6-3-10)18(20)21/h2-9,17H,1H3. The monoisotopic (exact) mass is 293 g/mol. The largest absolute Gasteiger partial charge is 0.456 e. The molecule has 0 N–H and O–H groups in total. The molecule has 0 unspecified atom stereocenters. The molecule has 0 saturated carbocycles. The van der Waals surface area contributed by atoms with Crippen LogP contribution in [0, 0.1) is 10.1 Å². The number of hydrogen-bond acceptors (Lipinski definition) is 4. The Bertz CT molecular complexity index is 916. The van der Waals surface area contributed by atoms with Gasteiger partial charge in [0.2, 0.25) is 0 Å². The van der Waals surface area contributed by atoms with Gasteiger partial charge in [0.25, 0.3) is 5.69 Å². The van der Waals surface area contributed by atoms with Crippen LogP contribution in [0.2, 0.25) is 6.82 Å². The van der Waals surface area contributed by atoms with Crippen molar-refractivity contribution in [1.29, 1.82) is 0 Å². The van der Waals surface area contributed by atoms with E-state index in [2.05, 4.69) is 0 Å². The Morgan fingerprint density at radius 3 is 2.45 bits per heavy atom. The zero-order valence-electron chi connectivity index (χ0n) is 11.9. The SMILES string of the molecule is CBc1ccc2oc(-c3ccc([N+](=O)[O-])cc3)cc(=O)c2c1. The van der Waals surface area contributed by atoms with Crippen LogP contribution < -0.4 is 10.9 Å². The number of hydrogen-bond donors (Lipinski definition) is 0. The van der Waals surface area contributed by atoms with Crippen molar-refractivity contribution in [3.63, 3.8) is 0 Å². The van der Waals surface area contributed by atoms with Crippen LogP contribution in [-0.4, -0.2) is 12.2 Å². The van der Waals surface area contributed by atoms with E-state index < -0.39 is 4.92 Å². The lowest BCUT2D eigenvalue weighted by Crippen LogP contribution is -2.12. The van der Waals surface area contributed by atoms with Gasteiger partial charge in [0, 0.05) is 23.8 Å². The molecule has 0 aliphatic rings. The highest BCUT2D eigenvalue weighted by Crippen LogP contribution is 2.23. The molecule has 22 heavy (non-hydrogen) atoms. The van der Waals surface area contributed by atoms with Crippen molar-refractivity contribution < 1.29 is 9.34 Å². The molecule has 1 aromatic heterocycles. The second-order valence-electron chi connectivity index (χ2n) is 4.96. The highest BCUT2D eigenvalue weighted by atomic mass is 16.6. The molecule has 0 aliphatic carbocycles. The Labute approximate surface area is 126 Å². The summed E-state index contributed by atoms with van der Waals surface area (Å²) in [6.07, 6.45) is 0. The highest BCUT2D eigenvalue weighted by Gasteiger charge is 2.10. The van der Waals surface area contributed by atoms with Crippen LogP contribution in [0.5, 0.6) is 0 Å². The van der Waals surface area contributed by atoms with Gasteiger partial charge in [0.1, 0.15) is 11.3 Å². The van der Waals surface area contributed by atoms with Crippen LogP contribution in [0.15, 0.2) is 57.7 Å². The van der Waals surface area contributed by atoms with Crippen molar-refractivity contribution in [2.75, 3.05) is 0 Å². The Balaban J connectivity index is 2.12. The molecule has 1 heterocycles. The topological polar surface area (TPSA) is 73.3 Å². The first-order valence-electron chi connectivity index (χ1n) is 6.90. The van der Waals surface area contributed by atoms with Crippen molar-refractivity contribution in [3.8, 4) is 11.3 Å².